The summed E-state index contributed by atoms with van der Waals surface area (Å²) in [6.45, 7) is 12.1. The Kier molecular flexibility index (Phi) is 15.9. The normalized spacial score (nSPS) is 14.5. The summed E-state index contributed by atoms with van der Waals surface area (Å²) < 4.78 is 7.52. The molecule has 0 spiro atoms. The number of fused-ring (bicyclic) bond motifs is 22. The lowest BCUT2D eigenvalue weighted by Gasteiger charge is -2.30. The van der Waals surface area contributed by atoms with Gasteiger partial charge in [-0.2, -0.15) is 0 Å². The van der Waals surface area contributed by atoms with Gasteiger partial charge < -0.3 is 18.9 Å². The van der Waals surface area contributed by atoms with Crippen LogP contribution in [0.25, 0.3) is 163 Å². The number of benzene rings is 19. The second-order valence-electron chi connectivity index (χ2n) is 35.7. The van der Waals surface area contributed by atoms with E-state index in [0.717, 1.165) is 63.0 Å². The maximum absolute atomic E-state index is 2.53. The van der Waals surface area contributed by atoms with Crippen molar-refractivity contribution in [1.82, 2.24) is 9.13 Å². The third-order valence-electron chi connectivity index (χ3n) is 28.1. The Labute approximate surface area is 725 Å². The van der Waals surface area contributed by atoms with E-state index >= 15 is 0 Å². The van der Waals surface area contributed by atoms with Gasteiger partial charge >= 0.3 is 0 Å². The van der Waals surface area contributed by atoms with Crippen molar-refractivity contribution in [3.8, 4) is 78.1 Å². The summed E-state index contributed by atoms with van der Waals surface area (Å²) in [4.78, 5) is 4.91. The van der Waals surface area contributed by atoms with Gasteiger partial charge in [0.1, 0.15) is 0 Å². The Morgan fingerprint density at radius 1 is 0.242 bits per heavy atom. The van der Waals surface area contributed by atoms with Gasteiger partial charge in [-0.15, -0.1) is 11.3 Å². The van der Waals surface area contributed by atoms with Gasteiger partial charge in [-0.1, -0.05) is 289 Å². The summed E-state index contributed by atoms with van der Waals surface area (Å²) in [6.07, 6.45) is 0.817. The smallest absolute Gasteiger partial charge is 0.0547 e. The zero-order valence-electron chi connectivity index (χ0n) is 69.6. The molecule has 4 nitrogen and oxygen atoms in total. The van der Waals surface area contributed by atoms with Crippen molar-refractivity contribution in [1.29, 1.82) is 0 Å². The molecule has 5 heteroatoms. The molecule has 0 bridgehead atoms. The molecule has 0 aliphatic heterocycles. The lowest BCUT2D eigenvalue weighted by molar-refractivity contribution is 0.583. The Bertz CT molecular complexity index is 8190. The van der Waals surface area contributed by atoms with E-state index in [-0.39, 0.29) is 16.2 Å². The molecular weight excluding hydrogens is 1520 g/mol. The van der Waals surface area contributed by atoms with E-state index in [9.17, 15) is 0 Å². The average Bonchev–Trinajstić information content (AvgIpc) is 1.55. The molecule has 0 N–H and O–H groups in total. The van der Waals surface area contributed by atoms with Crippen LogP contribution in [0.1, 0.15) is 73.6 Å². The number of hydrogen-bond acceptors (Lipinski definition) is 3. The summed E-state index contributed by atoms with van der Waals surface area (Å²) in [5, 5.41) is 12.6. The highest BCUT2D eigenvalue weighted by Gasteiger charge is 2.42. The highest BCUT2D eigenvalue weighted by atomic mass is 32.1. The van der Waals surface area contributed by atoms with Crippen molar-refractivity contribution in [3.05, 3.63) is 445 Å². The van der Waals surface area contributed by atoms with Crippen LogP contribution in [0, 0.1) is 0 Å². The molecule has 25 rings (SSSR count). The third kappa shape index (κ3) is 10.9. The number of nitrogens with zero attached hydrogens (tertiary/aromatic N) is 4. The Hall–Kier alpha value is -14.9. The monoisotopic (exact) mass is 1600 g/mol. The first-order valence-electron chi connectivity index (χ1n) is 43.5. The standard InChI is InChI=1S/C119H84N4S/c1-117(2)102-38-22-18-36-94(102)115-96-71-100-98-64-77(49-62-109(98)122(83-30-14-8-15-31-83)111(100)67-80(96)47-60-104(115)117)78-46-57-90-91-58-55-87(69-107(91)118(3,4)106(90)66-78)120(88-56-59-93-92-35-21-25-41-113(92)124-114(93)70-88)85-51-42-74(43-52-85)73-119(5)103-39-23-19-37-95(103)116-97-72-101-99-65-79(50-63-110(99)123(84-32-16-9-17-33-84)112(101)68-81(97)48-61-105(116)119)89-34-20-24-40-108(89)121(82-28-12-7-13-29-82)86-53-44-76(45-54-86)75-26-10-6-11-27-75/h6-72H,73H2,1-5H3. The van der Waals surface area contributed by atoms with E-state index < -0.39 is 0 Å². The molecule has 0 saturated heterocycles. The van der Waals surface area contributed by atoms with E-state index in [4.69, 9.17) is 0 Å². The fraction of sp³-hybridized carbons (Fsp3) is 0.0756. The zero-order valence-corrected chi connectivity index (χ0v) is 70.4. The van der Waals surface area contributed by atoms with Crippen LogP contribution in [0.2, 0.25) is 0 Å². The van der Waals surface area contributed by atoms with Crippen LogP contribution in [0.3, 0.4) is 0 Å². The second kappa shape index (κ2) is 27.3. The van der Waals surface area contributed by atoms with Gasteiger partial charge in [0.2, 0.25) is 0 Å². The van der Waals surface area contributed by atoms with Gasteiger partial charge in [-0.05, 0) is 280 Å². The molecule has 0 fully saturated rings. The number of para-hydroxylation sites is 4. The predicted molar refractivity (Wildman–Crippen MR) is 526 cm³/mol. The summed E-state index contributed by atoms with van der Waals surface area (Å²) in [7, 11) is 0. The van der Waals surface area contributed by atoms with Gasteiger partial charge in [0.25, 0.3) is 0 Å². The van der Waals surface area contributed by atoms with Crippen molar-refractivity contribution in [2.75, 3.05) is 9.80 Å². The van der Waals surface area contributed by atoms with Gasteiger partial charge in [0.05, 0.1) is 27.8 Å². The largest absolute Gasteiger partial charge is 0.310 e. The highest BCUT2D eigenvalue weighted by Crippen LogP contribution is 2.58. The van der Waals surface area contributed by atoms with Crippen molar-refractivity contribution in [2.24, 2.45) is 0 Å². The molecule has 19 aromatic carbocycles. The first kappa shape index (κ1) is 72.0. The quantitative estimate of drug-likeness (QED) is 0.114. The first-order chi connectivity index (χ1) is 60.8. The molecule has 3 aliphatic rings. The minimum atomic E-state index is -0.346. The molecule has 0 saturated carbocycles. The number of hydrogen-bond donors (Lipinski definition) is 0. The maximum atomic E-state index is 2.53. The Morgan fingerprint density at radius 2 is 0.694 bits per heavy atom. The third-order valence-corrected chi connectivity index (χ3v) is 29.2. The fourth-order valence-corrected chi connectivity index (χ4v) is 23.2. The van der Waals surface area contributed by atoms with Crippen LogP contribution in [0.15, 0.2) is 406 Å². The Morgan fingerprint density at radius 3 is 1.38 bits per heavy atom. The van der Waals surface area contributed by atoms with Crippen LogP contribution in [-0.4, -0.2) is 9.13 Å². The molecule has 124 heavy (non-hydrogen) atoms. The lowest BCUT2D eigenvalue weighted by atomic mass is 9.75. The molecule has 0 amide bonds. The minimum absolute atomic E-state index is 0.0923. The van der Waals surface area contributed by atoms with Crippen molar-refractivity contribution in [3.63, 3.8) is 0 Å². The van der Waals surface area contributed by atoms with Gasteiger partial charge in [0.15, 0.2) is 0 Å². The molecule has 3 aliphatic carbocycles. The molecule has 22 aromatic rings. The predicted octanol–water partition coefficient (Wildman–Crippen LogP) is 32.6. The maximum Gasteiger partial charge on any atom is 0.0547 e. The summed E-state index contributed by atoms with van der Waals surface area (Å²) in [6, 6.07) is 153. The van der Waals surface area contributed by atoms with Crippen molar-refractivity contribution < 1.29 is 0 Å². The van der Waals surface area contributed by atoms with Gasteiger partial charge in [-0.25, -0.2) is 0 Å². The van der Waals surface area contributed by atoms with E-state index in [2.05, 4.69) is 460 Å². The highest BCUT2D eigenvalue weighted by molar-refractivity contribution is 7.25. The number of rotatable bonds is 13. The molecule has 1 unspecified atom stereocenters. The second-order valence-corrected chi connectivity index (χ2v) is 36.8. The number of thiophene rings is 1. The lowest BCUT2D eigenvalue weighted by Crippen LogP contribution is -2.24. The Balaban J connectivity index is 0.575. The molecular formula is C119H84N4S. The summed E-state index contributed by atoms with van der Waals surface area (Å²) in [5.74, 6) is 0. The van der Waals surface area contributed by atoms with Crippen LogP contribution >= 0.6 is 11.3 Å². The summed E-state index contributed by atoms with van der Waals surface area (Å²) >= 11 is 1.88. The molecule has 3 aromatic heterocycles. The van der Waals surface area contributed by atoms with Crippen LogP contribution in [-0.2, 0) is 22.7 Å². The van der Waals surface area contributed by atoms with Gasteiger partial charge in [-0.3, -0.25) is 0 Å². The minimum Gasteiger partial charge on any atom is -0.310 e. The van der Waals surface area contributed by atoms with Crippen LogP contribution in [0.5, 0.6) is 0 Å². The van der Waals surface area contributed by atoms with Crippen molar-refractivity contribution >= 4 is 131 Å². The number of aromatic nitrogens is 2. The van der Waals surface area contributed by atoms with Crippen molar-refractivity contribution in [2.45, 2.75) is 57.3 Å². The molecule has 1 atom stereocenters. The van der Waals surface area contributed by atoms with E-state index in [0.29, 0.717) is 0 Å². The van der Waals surface area contributed by atoms with Gasteiger partial charge in [0, 0.05) is 103 Å². The molecule has 586 valence electrons. The number of anilines is 6. The van der Waals surface area contributed by atoms with Crippen LogP contribution < -0.4 is 9.80 Å². The van der Waals surface area contributed by atoms with E-state index in [1.807, 2.05) is 11.3 Å². The van der Waals surface area contributed by atoms with E-state index in [1.54, 1.807) is 0 Å². The fourth-order valence-electron chi connectivity index (χ4n) is 22.1. The molecule has 0 radical (unpaired) electrons. The SMILES string of the molecule is CC1(C)c2cc(-c3ccc4c(c3)c3cc5c6c(ccc5cc3n4-c3ccccc3)C(C)(C)c3ccccc3-6)ccc2-c2ccc(N(c3ccc(CC4(C)c5ccccc5-c5c4ccc4cc6c(cc54)c4cc(-c5ccccc5N(c5ccccc5)c5ccc(-c7ccccc7)cc5)ccc4n6-c4ccccc4)cc3)c3ccc4c(c3)sc3ccccc34)cc21. The summed E-state index contributed by atoms with van der Waals surface area (Å²) in [5.41, 5.74) is 37.5. The average molecular weight is 1600 g/mol. The molecule has 3 heterocycles. The topological polar surface area (TPSA) is 16.3 Å². The van der Waals surface area contributed by atoms with Crippen LogP contribution in [0.4, 0.5) is 34.1 Å². The zero-order chi connectivity index (χ0) is 82.4. The first-order valence-corrected chi connectivity index (χ1v) is 44.3. The van der Waals surface area contributed by atoms with E-state index in [1.165, 1.54) is 180 Å².